The predicted octanol–water partition coefficient (Wildman–Crippen LogP) is -2.84. The highest BCUT2D eigenvalue weighted by atomic mass is 35.5. The van der Waals surface area contributed by atoms with Crippen molar-refractivity contribution in [1.29, 1.82) is 0 Å². The minimum absolute atomic E-state index is 0.0565. The van der Waals surface area contributed by atoms with Gasteiger partial charge < -0.3 is 25.7 Å². The summed E-state index contributed by atoms with van der Waals surface area (Å²) < 4.78 is 0. The highest BCUT2D eigenvalue weighted by Gasteiger charge is 2.21. The Labute approximate surface area is 213 Å². The number of amides is 1. The van der Waals surface area contributed by atoms with Gasteiger partial charge in [-0.15, -0.1) is 0 Å². The van der Waals surface area contributed by atoms with Crippen LogP contribution in [0, 0.1) is 0 Å². The molecule has 1 fully saturated rings. The van der Waals surface area contributed by atoms with Crippen LogP contribution >= 0.6 is 11.8 Å². The number of hydrogen-bond acceptors (Lipinski definition) is 10. The van der Waals surface area contributed by atoms with Gasteiger partial charge in [0.2, 0.25) is 5.91 Å². The Morgan fingerprint density at radius 2 is 0.972 bits per heavy atom. The minimum atomic E-state index is -1.15. The summed E-state index contributed by atoms with van der Waals surface area (Å²) in [5, 5.41) is 39.3. The maximum Gasteiger partial charge on any atom is 0.322 e. The molecule has 16 heteroatoms. The molecule has 0 unspecified atom stereocenters. The van der Waals surface area contributed by atoms with Gasteiger partial charge in [0.1, 0.15) is 6.04 Å². The fraction of sp³-hybridized carbons (Fsp3) is 0.750. The van der Waals surface area contributed by atoms with Gasteiger partial charge in [-0.3, -0.25) is 43.6 Å². The van der Waals surface area contributed by atoms with E-state index in [0.29, 0.717) is 13.1 Å². The van der Waals surface area contributed by atoms with Crippen LogP contribution in [0.15, 0.2) is 0 Å². The quantitative estimate of drug-likeness (QED) is 0.131. The number of carbonyl (C=O) groups is 5. The van der Waals surface area contributed by atoms with Crippen LogP contribution in [0.4, 0.5) is 0 Å². The van der Waals surface area contributed by atoms with Crippen LogP contribution in [-0.2, 0) is 24.0 Å². The average molecular weight is 539 g/mol. The lowest BCUT2D eigenvalue weighted by Gasteiger charge is -2.32. The molecule has 206 valence electrons. The van der Waals surface area contributed by atoms with Gasteiger partial charge in [0.05, 0.1) is 26.2 Å². The molecule has 0 aromatic rings. The van der Waals surface area contributed by atoms with Crippen LogP contribution in [0.25, 0.3) is 0 Å². The molecular weight excluding hydrogens is 504 g/mol. The molecule has 1 atom stereocenters. The third-order valence-electron chi connectivity index (χ3n) is 5.56. The topological polar surface area (TPSA) is 203 Å². The summed E-state index contributed by atoms with van der Waals surface area (Å²) in [4.78, 5) is 66.1. The van der Waals surface area contributed by atoms with E-state index in [2.05, 4.69) is 10.2 Å². The lowest BCUT2D eigenvalue weighted by molar-refractivity contribution is -0.140. The van der Waals surface area contributed by atoms with E-state index in [1.165, 1.54) is 0 Å². The number of halogens is 1. The molecule has 0 saturated carbocycles. The highest BCUT2D eigenvalue weighted by molar-refractivity contribution is 6.14. The summed E-state index contributed by atoms with van der Waals surface area (Å²) in [6.45, 7) is 1.55. The van der Waals surface area contributed by atoms with Crippen molar-refractivity contribution in [3.8, 4) is 0 Å². The van der Waals surface area contributed by atoms with E-state index in [1.54, 1.807) is 19.6 Å². The van der Waals surface area contributed by atoms with Crippen molar-refractivity contribution in [2.24, 2.45) is 0 Å². The number of nitrogens with one attached hydrogen (secondary N) is 2. The normalized spacial score (nSPS) is 18.5. The van der Waals surface area contributed by atoms with Gasteiger partial charge in [-0.1, -0.05) is 0 Å². The van der Waals surface area contributed by atoms with Crippen LogP contribution in [0.3, 0.4) is 0 Å². The molecule has 1 saturated heterocycles. The molecule has 1 aliphatic heterocycles. The van der Waals surface area contributed by atoms with E-state index in [-0.39, 0.29) is 84.3 Å². The molecule has 0 bridgehead atoms. The van der Waals surface area contributed by atoms with E-state index >= 15 is 0 Å². The monoisotopic (exact) mass is 538 g/mol. The molecule has 0 radical (unpaired) electrons. The number of carboxylic acid groups (broad SMARTS) is 4. The van der Waals surface area contributed by atoms with E-state index in [1.807, 2.05) is 0 Å². The van der Waals surface area contributed by atoms with Gasteiger partial charge in [0.15, 0.2) is 0 Å². The van der Waals surface area contributed by atoms with E-state index < -0.39 is 29.9 Å². The van der Waals surface area contributed by atoms with Crippen molar-refractivity contribution in [1.82, 2.24) is 29.8 Å². The molecule has 0 aliphatic carbocycles. The predicted molar refractivity (Wildman–Crippen MR) is 127 cm³/mol. The van der Waals surface area contributed by atoms with Crippen molar-refractivity contribution in [3.63, 3.8) is 0 Å². The first-order chi connectivity index (χ1) is 17.0. The molecule has 1 heterocycles. The molecule has 1 amide bonds. The lowest BCUT2D eigenvalue weighted by Crippen LogP contribution is -2.50. The molecule has 0 aromatic carbocycles. The molecule has 0 aromatic heterocycles. The highest BCUT2D eigenvalue weighted by Crippen LogP contribution is 2.02. The molecule has 1 aliphatic rings. The Bertz CT molecular complexity index is 727. The van der Waals surface area contributed by atoms with Gasteiger partial charge >= 0.3 is 23.9 Å². The Kier molecular flexibility index (Phi) is 14.9. The van der Waals surface area contributed by atoms with Crippen molar-refractivity contribution in [2.75, 3.05) is 85.1 Å². The first-order valence-corrected chi connectivity index (χ1v) is 11.8. The van der Waals surface area contributed by atoms with E-state index in [0.717, 1.165) is 0 Å². The molecule has 0 spiro atoms. The average Bonchev–Trinajstić information content (AvgIpc) is 2.77. The largest absolute Gasteiger partial charge is 0.480 e. The van der Waals surface area contributed by atoms with Crippen LogP contribution in [0.1, 0.15) is 6.42 Å². The fourth-order valence-electron chi connectivity index (χ4n) is 3.62. The number of hydrogen-bond donors (Lipinski definition) is 6. The van der Waals surface area contributed by atoms with E-state index in [9.17, 15) is 39.3 Å². The number of rotatable bonds is 13. The number of aliphatic carboxylic acids is 4. The first-order valence-electron chi connectivity index (χ1n) is 11.4. The van der Waals surface area contributed by atoms with Gasteiger partial charge in [0.25, 0.3) is 0 Å². The zero-order valence-electron chi connectivity index (χ0n) is 20.0. The standard InChI is InChI=1S/C20H35ClN6O9/c21-23-15(20(35)36)1-2-22-16(28)11-24-3-5-25(12-17(29)30)7-9-27(14-19(33)34)10-8-26(6-4-24)13-18(31)32/h15,23H,1-14H2,(H,22,28)(H,29,30)(H,31,32)(H,33,34)(H,35,36)/t15-/m1/s1. The molecule has 6 N–H and O–H groups in total. The Balaban J connectivity index is 2.87. The summed E-state index contributed by atoms with van der Waals surface area (Å²) in [5.41, 5.74) is 0. The maximum absolute atomic E-state index is 12.5. The van der Waals surface area contributed by atoms with Crippen molar-refractivity contribution < 1.29 is 44.4 Å². The Morgan fingerprint density at radius 3 is 1.25 bits per heavy atom. The maximum atomic E-state index is 12.5. The first kappa shape index (κ1) is 31.5. The second-order valence-corrected chi connectivity index (χ2v) is 8.64. The SMILES string of the molecule is O=C(O)CN1CCN(CC(=O)O)CCN(CC(=O)NCC[C@@H](NCl)C(=O)O)CCN(CC(=O)O)CC1. The van der Waals surface area contributed by atoms with Crippen molar-refractivity contribution in [2.45, 2.75) is 12.5 Å². The van der Waals surface area contributed by atoms with Gasteiger partial charge in [0, 0.05) is 58.9 Å². The number of nitrogens with zero attached hydrogens (tertiary/aromatic N) is 4. The summed E-state index contributed by atoms with van der Waals surface area (Å²) in [5.74, 6) is -4.64. The second-order valence-electron chi connectivity index (χ2n) is 8.42. The third kappa shape index (κ3) is 14.1. The second kappa shape index (κ2) is 17.0. The number of carbonyl (C=O) groups excluding carboxylic acids is 1. The molecular formula is C20H35ClN6O9. The van der Waals surface area contributed by atoms with Crippen molar-refractivity contribution >= 4 is 41.6 Å². The molecule has 1 rings (SSSR count). The summed E-state index contributed by atoms with van der Waals surface area (Å²) >= 11 is 5.38. The van der Waals surface area contributed by atoms with Gasteiger partial charge in [-0.05, 0) is 18.2 Å². The zero-order chi connectivity index (χ0) is 27.1. The third-order valence-corrected chi connectivity index (χ3v) is 5.82. The Morgan fingerprint density at radius 1 is 0.639 bits per heavy atom. The van der Waals surface area contributed by atoms with Gasteiger partial charge in [-0.25, -0.2) is 4.84 Å². The lowest BCUT2D eigenvalue weighted by atomic mass is 10.2. The smallest absolute Gasteiger partial charge is 0.322 e. The fourth-order valence-corrected chi connectivity index (χ4v) is 3.83. The van der Waals surface area contributed by atoms with Crippen LogP contribution in [0.5, 0.6) is 0 Å². The van der Waals surface area contributed by atoms with Crippen molar-refractivity contribution in [3.05, 3.63) is 0 Å². The summed E-state index contributed by atoms with van der Waals surface area (Å²) in [6, 6.07) is -1.02. The Hall–Kier alpha value is -2.56. The zero-order valence-corrected chi connectivity index (χ0v) is 20.7. The van der Waals surface area contributed by atoms with Gasteiger partial charge in [-0.2, -0.15) is 0 Å². The van der Waals surface area contributed by atoms with Crippen LogP contribution < -0.4 is 10.2 Å². The minimum Gasteiger partial charge on any atom is -0.480 e. The number of carboxylic acids is 4. The van der Waals surface area contributed by atoms with E-state index in [4.69, 9.17) is 16.9 Å². The molecule has 15 nitrogen and oxygen atoms in total. The van der Waals surface area contributed by atoms with Crippen LogP contribution in [-0.4, -0.2) is 161 Å². The summed E-state index contributed by atoms with van der Waals surface area (Å²) in [6.07, 6.45) is 0.0657. The molecule has 36 heavy (non-hydrogen) atoms. The van der Waals surface area contributed by atoms with Crippen LogP contribution in [0.2, 0.25) is 0 Å². The summed E-state index contributed by atoms with van der Waals surface area (Å²) in [7, 11) is 0.